The van der Waals surface area contributed by atoms with E-state index in [0.29, 0.717) is 16.3 Å². The van der Waals surface area contributed by atoms with Crippen molar-refractivity contribution < 1.29 is 24.0 Å². The molecule has 0 bridgehead atoms. The number of furan rings is 1. The number of benzene rings is 1. The lowest BCUT2D eigenvalue weighted by Gasteiger charge is -2.10. The van der Waals surface area contributed by atoms with E-state index in [9.17, 15) is 19.7 Å². The van der Waals surface area contributed by atoms with E-state index in [2.05, 4.69) is 5.10 Å². The molecule has 0 saturated heterocycles. The molecule has 0 radical (unpaired) electrons. The Morgan fingerprint density at radius 1 is 1.29 bits per heavy atom. The molecule has 0 fully saturated rings. The number of non-ortho nitro benzene ring substituents is 1. The van der Waals surface area contributed by atoms with Gasteiger partial charge in [-0.25, -0.2) is 9.80 Å². The number of carboxylic acids is 1. The smallest absolute Gasteiger partial charge is 0.335 e. The molecule has 0 aliphatic heterocycles. The molecular weight excluding hydrogens is 320 g/mol. The predicted octanol–water partition coefficient (Wildman–Crippen LogP) is 1.65. The molecule has 0 saturated carbocycles. The maximum absolute atomic E-state index is 11.1. The molecule has 24 heavy (non-hydrogen) atoms. The van der Waals surface area contributed by atoms with Crippen LogP contribution in [0.25, 0.3) is 11.3 Å². The number of aliphatic carboxylic acids is 1. The van der Waals surface area contributed by atoms with Crippen molar-refractivity contribution in [1.82, 2.24) is 5.01 Å². The van der Waals surface area contributed by atoms with Gasteiger partial charge in [-0.1, -0.05) is 0 Å². The molecule has 0 atom stereocenters. The second-order valence-electron chi connectivity index (χ2n) is 4.54. The molecule has 3 N–H and O–H groups in total. The highest BCUT2D eigenvalue weighted by atomic mass is 16.6. The first-order valence-electron chi connectivity index (χ1n) is 6.54. The molecule has 10 nitrogen and oxygen atoms in total. The maximum atomic E-state index is 11.1. The van der Waals surface area contributed by atoms with Crippen molar-refractivity contribution in [3.8, 4) is 11.3 Å². The number of carbonyl (C=O) groups excluding carboxylic acids is 1. The second kappa shape index (κ2) is 7.05. The third-order valence-electron chi connectivity index (χ3n) is 2.85. The largest absolute Gasteiger partial charge is 0.480 e. The number of primary amides is 1. The number of hydrazone groups is 1. The van der Waals surface area contributed by atoms with Gasteiger partial charge in [-0.2, -0.15) is 5.10 Å². The quantitative estimate of drug-likeness (QED) is 0.466. The Kier molecular flexibility index (Phi) is 4.90. The zero-order valence-electron chi connectivity index (χ0n) is 12.2. The number of nitrogens with zero attached hydrogens (tertiary/aromatic N) is 3. The van der Waals surface area contributed by atoms with Gasteiger partial charge in [-0.3, -0.25) is 14.9 Å². The molecule has 0 unspecified atom stereocenters. The van der Waals surface area contributed by atoms with E-state index < -0.39 is 23.5 Å². The highest BCUT2D eigenvalue weighted by molar-refractivity contribution is 5.82. The van der Waals surface area contributed by atoms with E-state index in [1.165, 1.54) is 24.3 Å². The molecular formula is C14H12N4O6. The van der Waals surface area contributed by atoms with Crippen LogP contribution < -0.4 is 5.73 Å². The number of amides is 2. The molecule has 124 valence electrons. The van der Waals surface area contributed by atoms with E-state index in [-0.39, 0.29) is 11.4 Å². The minimum Gasteiger partial charge on any atom is -0.480 e. The van der Waals surface area contributed by atoms with Gasteiger partial charge in [0.15, 0.2) is 0 Å². The number of nitrogens with two attached hydrogens (primary N) is 1. The molecule has 0 aliphatic carbocycles. The summed E-state index contributed by atoms with van der Waals surface area (Å²) in [4.78, 5) is 31.8. The number of hydrogen-bond donors (Lipinski definition) is 2. The standard InChI is InChI=1S/C14H12N4O6/c15-14(21)17(8-13(19)20)16-7-11-5-6-12(24-11)9-1-3-10(4-2-9)18(22)23/h1-7H,8H2,(H2,15,21)(H,19,20)/b16-7-. The van der Waals surface area contributed by atoms with Gasteiger partial charge in [0.25, 0.3) is 5.69 Å². The van der Waals surface area contributed by atoms with Gasteiger partial charge < -0.3 is 15.3 Å². The van der Waals surface area contributed by atoms with Gasteiger partial charge in [0.1, 0.15) is 18.1 Å². The van der Waals surface area contributed by atoms with Crippen LogP contribution in [-0.4, -0.2) is 39.8 Å². The van der Waals surface area contributed by atoms with Gasteiger partial charge in [0.05, 0.1) is 11.1 Å². The molecule has 1 heterocycles. The van der Waals surface area contributed by atoms with E-state index in [1.807, 2.05) is 0 Å². The van der Waals surface area contributed by atoms with Crippen molar-refractivity contribution in [1.29, 1.82) is 0 Å². The minimum absolute atomic E-state index is 0.0436. The topological polar surface area (TPSA) is 152 Å². The fourth-order valence-corrected chi connectivity index (χ4v) is 1.76. The number of carboxylic acid groups (broad SMARTS) is 1. The van der Waals surface area contributed by atoms with Crippen molar-refractivity contribution in [2.45, 2.75) is 0 Å². The van der Waals surface area contributed by atoms with Crippen LogP contribution in [0.1, 0.15) is 5.76 Å². The summed E-state index contributed by atoms with van der Waals surface area (Å²) < 4.78 is 5.46. The van der Waals surface area contributed by atoms with Crippen molar-refractivity contribution in [3.05, 3.63) is 52.3 Å². The van der Waals surface area contributed by atoms with Crippen LogP contribution in [-0.2, 0) is 4.79 Å². The number of urea groups is 1. The van der Waals surface area contributed by atoms with Crippen LogP contribution in [0.4, 0.5) is 10.5 Å². The molecule has 10 heteroatoms. The Bertz CT molecular complexity index is 796. The summed E-state index contributed by atoms with van der Waals surface area (Å²) in [6.45, 7) is -0.679. The number of rotatable bonds is 6. The number of nitro groups is 1. The first-order valence-corrected chi connectivity index (χ1v) is 6.54. The Labute approximate surface area is 134 Å². The lowest BCUT2D eigenvalue weighted by atomic mass is 10.1. The summed E-state index contributed by atoms with van der Waals surface area (Å²) in [5.74, 6) is -0.591. The Morgan fingerprint density at radius 2 is 1.96 bits per heavy atom. The molecule has 2 amide bonds. The summed E-state index contributed by atoms with van der Waals surface area (Å²) in [6, 6.07) is 7.86. The van der Waals surface area contributed by atoms with Crippen molar-refractivity contribution in [2.75, 3.05) is 6.54 Å². The Balaban J connectivity index is 2.15. The van der Waals surface area contributed by atoms with Crippen molar-refractivity contribution >= 4 is 23.9 Å². The van der Waals surface area contributed by atoms with Crippen LogP contribution in [0.2, 0.25) is 0 Å². The van der Waals surface area contributed by atoms with Crippen molar-refractivity contribution in [2.24, 2.45) is 10.8 Å². The predicted molar refractivity (Wildman–Crippen MR) is 82.3 cm³/mol. The number of hydrogen-bond acceptors (Lipinski definition) is 6. The van der Waals surface area contributed by atoms with Gasteiger partial charge in [-0.05, 0) is 24.3 Å². The summed E-state index contributed by atoms with van der Waals surface area (Å²) in [6.07, 6.45) is 1.14. The molecule has 0 spiro atoms. The molecule has 0 aliphatic rings. The number of carbonyl (C=O) groups is 2. The summed E-state index contributed by atoms with van der Waals surface area (Å²) in [5.41, 5.74) is 5.57. The van der Waals surface area contributed by atoms with Gasteiger partial charge in [0, 0.05) is 17.7 Å². The zero-order chi connectivity index (χ0) is 17.7. The van der Waals surface area contributed by atoms with Crippen LogP contribution in [0.3, 0.4) is 0 Å². The lowest BCUT2D eigenvalue weighted by Crippen LogP contribution is -2.35. The summed E-state index contributed by atoms with van der Waals surface area (Å²) >= 11 is 0. The number of nitro benzene ring substituents is 1. The third-order valence-corrected chi connectivity index (χ3v) is 2.85. The van der Waals surface area contributed by atoms with E-state index >= 15 is 0 Å². The van der Waals surface area contributed by atoms with Crippen molar-refractivity contribution in [3.63, 3.8) is 0 Å². The van der Waals surface area contributed by atoms with Crippen LogP contribution >= 0.6 is 0 Å². The lowest BCUT2D eigenvalue weighted by molar-refractivity contribution is -0.384. The van der Waals surface area contributed by atoms with Crippen LogP contribution in [0.15, 0.2) is 45.9 Å². The first-order chi connectivity index (χ1) is 11.4. The van der Waals surface area contributed by atoms with Gasteiger partial charge in [0.2, 0.25) is 0 Å². The Morgan fingerprint density at radius 3 is 2.50 bits per heavy atom. The average Bonchev–Trinajstić information content (AvgIpc) is 2.99. The normalized spacial score (nSPS) is 10.7. The average molecular weight is 332 g/mol. The SMILES string of the molecule is NC(=O)N(CC(=O)O)/N=C\c1ccc(-c2ccc([N+](=O)[O-])cc2)o1. The fraction of sp³-hybridized carbons (Fsp3) is 0.0714. The summed E-state index contributed by atoms with van der Waals surface area (Å²) in [7, 11) is 0. The van der Waals surface area contributed by atoms with E-state index in [0.717, 1.165) is 6.21 Å². The first kappa shape index (κ1) is 16.7. The van der Waals surface area contributed by atoms with E-state index in [1.54, 1.807) is 12.1 Å². The molecule has 1 aromatic carbocycles. The van der Waals surface area contributed by atoms with Crippen LogP contribution in [0, 0.1) is 10.1 Å². The van der Waals surface area contributed by atoms with Gasteiger partial charge in [-0.15, -0.1) is 0 Å². The zero-order valence-corrected chi connectivity index (χ0v) is 12.2. The summed E-state index contributed by atoms with van der Waals surface area (Å²) in [5, 5.41) is 23.5. The fourth-order valence-electron chi connectivity index (χ4n) is 1.76. The second-order valence-corrected chi connectivity index (χ2v) is 4.54. The highest BCUT2D eigenvalue weighted by Gasteiger charge is 2.12. The Hall–Kier alpha value is -3.69. The maximum Gasteiger partial charge on any atom is 0.335 e. The molecule has 2 rings (SSSR count). The third kappa shape index (κ3) is 4.16. The van der Waals surface area contributed by atoms with Crippen LogP contribution in [0.5, 0.6) is 0 Å². The van der Waals surface area contributed by atoms with Gasteiger partial charge >= 0.3 is 12.0 Å². The molecule has 1 aromatic heterocycles. The highest BCUT2D eigenvalue weighted by Crippen LogP contribution is 2.24. The molecule has 2 aromatic rings. The van der Waals surface area contributed by atoms with E-state index in [4.69, 9.17) is 15.3 Å². The minimum atomic E-state index is -1.27. The monoisotopic (exact) mass is 332 g/mol.